The van der Waals surface area contributed by atoms with Crippen molar-refractivity contribution in [2.45, 2.75) is 117 Å². The number of hydrogen-bond acceptors (Lipinski definition) is 7. The number of carbonyl (C=O) groups excluding carboxylic acids is 2. The van der Waals surface area contributed by atoms with Crippen molar-refractivity contribution < 1.29 is 34.0 Å². The van der Waals surface area contributed by atoms with Gasteiger partial charge in [0.1, 0.15) is 11.9 Å². The molecule has 1 fully saturated rings. The van der Waals surface area contributed by atoms with Crippen molar-refractivity contribution in [1.29, 1.82) is 0 Å². The minimum Gasteiger partial charge on any atom is -0.461 e. The summed E-state index contributed by atoms with van der Waals surface area (Å²) < 4.78 is 19.0. The Balaban J connectivity index is 1.93. The third-order valence-electron chi connectivity index (χ3n) is 8.93. The number of Topliss-reactive ketones (excluding diaryl/α,β-unsaturated/α-hetero) is 1. The summed E-state index contributed by atoms with van der Waals surface area (Å²) in [5.74, 6) is -2.90. The fourth-order valence-electron chi connectivity index (χ4n) is 6.11. The van der Waals surface area contributed by atoms with E-state index in [0.29, 0.717) is 12.8 Å². The van der Waals surface area contributed by atoms with Gasteiger partial charge in [-0.15, -0.1) is 0 Å². The molecule has 3 rings (SSSR count). The maximum atomic E-state index is 13.2. The Morgan fingerprint density at radius 3 is 2.33 bits per heavy atom. The molecule has 7 heteroatoms. The first-order valence-electron chi connectivity index (χ1n) is 14.7. The number of carbonyl (C=O) groups is 2. The second-order valence-electron chi connectivity index (χ2n) is 12.7. The van der Waals surface area contributed by atoms with E-state index < -0.39 is 30.0 Å². The molecule has 2 N–H and O–H groups in total. The van der Waals surface area contributed by atoms with Crippen LogP contribution in [0.5, 0.6) is 0 Å². The third kappa shape index (κ3) is 7.49. The van der Waals surface area contributed by atoms with Gasteiger partial charge in [0, 0.05) is 30.6 Å². The maximum Gasteiger partial charge on any atom is 0.309 e. The number of esters is 1. The first-order valence-corrected chi connectivity index (χ1v) is 14.7. The molecule has 0 unspecified atom stereocenters. The normalized spacial score (nSPS) is 45.3. The van der Waals surface area contributed by atoms with Crippen LogP contribution in [0.3, 0.4) is 0 Å². The predicted molar refractivity (Wildman–Crippen MR) is 151 cm³/mol. The van der Waals surface area contributed by atoms with E-state index in [-0.39, 0.29) is 66.4 Å². The zero-order valence-corrected chi connectivity index (χ0v) is 25.0. The van der Waals surface area contributed by atoms with Crippen LogP contribution in [0.2, 0.25) is 0 Å². The number of aliphatic hydroxyl groups is 2. The monoisotopic (exact) mass is 546 g/mol. The molecule has 1 saturated heterocycles. The lowest BCUT2D eigenvalue weighted by Gasteiger charge is -2.52. The molecule has 220 valence electrons. The van der Waals surface area contributed by atoms with Crippen LogP contribution >= 0.6 is 0 Å². The van der Waals surface area contributed by atoms with Crippen molar-refractivity contribution in [2.24, 2.45) is 35.5 Å². The Labute approximate surface area is 234 Å². The van der Waals surface area contributed by atoms with E-state index in [2.05, 4.69) is 0 Å². The average molecular weight is 547 g/mol. The highest BCUT2D eigenvalue weighted by atomic mass is 16.7. The van der Waals surface area contributed by atoms with Gasteiger partial charge >= 0.3 is 5.97 Å². The molecule has 0 aromatic heterocycles. The molecule has 11 atom stereocenters. The number of ketones is 1. The van der Waals surface area contributed by atoms with E-state index in [1.54, 1.807) is 6.92 Å². The largest absolute Gasteiger partial charge is 0.461 e. The molecule has 0 radical (unpaired) electrons. The molecule has 0 aromatic carbocycles. The maximum absolute atomic E-state index is 13.2. The van der Waals surface area contributed by atoms with Gasteiger partial charge in [0.2, 0.25) is 0 Å². The average Bonchev–Trinajstić information content (AvgIpc) is 2.87. The van der Waals surface area contributed by atoms with Crippen LogP contribution in [0.4, 0.5) is 0 Å². The van der Waals surface area contributed by atoms with Gasteiger partial charge in [-0.1, -0.05) is 78.3 Å². The quantitative estimate of drug-likeness (QED) is 0.346. The molecule has 3 aliphatic rings. The van der Waals surface area contributed by atoms with Gasteiger partial charge in [0.25, 0.3) is 0 Å². The van der Waals surface area contributed by atoms with Gasteiger partial charge in [0.15, 0.2) is 5.79 Å². The fraction of sp³-hybridized carbons (Fsp3) is 0.750. The lowest BCUT2D eigenvalue weighted by Crippen LogP contribution is -2.60. The topological polar surface area (TPSA) is 102 Å². The molecule has 0 amide bonds. The zero-order valence-electron chi connectivity index (χ0n) is 25.0. The molecule has 3 heterocycles. The van der Waals surface area contributed by atoms with Crippen LogP contribution in [0.1, 0.15) is 81.1 Å². The molecule has 7 nitrogen and oxygen atoms in total. The smallest absolute Gasteiger partial charge is 0.309 e. The van der Waals surface area contributed by atoms with Gasteiger partial charge in [0.05, 0.1) is 36.3 Å². The number of ether oxygens (including phenoxy) is 3. The van der Waals surface area contributed by atoms with Crippen molar-refractivity contribution in [3.63, 3.8) is 0 Å². The van der Waals surface area contributed by atoms with Crippen molar-refractivity contribution in [3.05, 3.63) is 36.0 Å². The molecule has 1 spiro atoms. The molecule has 0 aromatic rings. The minimum atomic E-state index is -1.10. The second-order valence-corrected chi connectivity index (χ2v) is 12.7. The third-order valence-corrected chi connectivity index (χ3v) is 8.93. The van der Waals surface area contributed by atoms with Gasteiger partial charge in [-0.05, 0) is 31.8 Å². The molecule has 3 bridgehead atoms. The summed E-state index contributed by atoms with van der Waals surface area (Å²) in [6.45, 7) is 15.4. The molecule has 3 aliphatic heterocycles. The van der Waals surface area contributed by atoms with Crippen LogP contribution in [-0.2, 0) is 23.8 Å². The Kier molecular flexibility index (Phi) is 10.8. The summed E-state index contributed by atoms with van der Waals surface area (Å²) in [5, 5.41) is 22.1. The highest BCUT2D eigenvalue weighted by Crippen LogP contribution is 2.44. The summed E-state index contributed by atoms with van der Waals surface area (Å²) in [5.41, 5.74) is 1.04. The zero-order chi connectivity index (χ0) is 29.1. The van der Waals surface area contributed by atoms with Crippen molar-refractivity contribution in [3.8, 4) is 0 Å². The van der Waals surface area contributed by atoms with Crippen LogP contribution in [0.15, 0.2) is 36.0 Å². The Morgan fingerprint density at radius 1 is 1.00 bits per heavy atom. The van der Waals surface area contributed by atoms with Gasteiger partial charge in [-0.25, -0.2) is 0 Å². The van der Waals surface area contributed by atoms with E-state index in [4.69, 9.17) is 14.2 Å². The van der Waals surface area contributed by atoms with E-state index >= 15 is 0 Å². The number of cyclic esters (lactones) is 1. The van der Waals surface area contributed by atoms with E-state index in [1.807, 2.05) is 78.8 Å². The molecular formula is C32H50O7. The fourth-order valence-corrected chi connectivity index (χ4v) is 6.11. The summed E-state index contributed by atoms with van der Waals surface area (Å²) in [6.07, 6.45) is 8.52. The number of hydrogen-bond donors (Lipinski definition) is 2. The van der Waals surface area contributed by atoms with Crippen molar-refractivity contribution >= 4 is 11.8 Å². The van der Waals surface area contributed by atoms with Crippen LogP contribution in [0.25, 0.3) is 0 Å². The van der Waals surface area contributed by atoms with E-state index in [0.717, 1.165) is 5.57 Å². The number of fused-ring (bicyclic) bond motifs is 2. The van der Waals surface area contributed by atoms with Gasteiger partial charge in [-0.3, -0.25) is 9.59 Å². The van der Waals surface area contributed by atoms with E-state index in [1.165, 1.54) is 0 Å². The van der Waals surface area contributed by atoms with Crippen LogP contribution in [-0.4, -0.2) is 58.3 Å². The first kappa shape index (κ1) is 31.7. The van der Waals surface area contributed by atoms with Gasteiger partial charge in [-0.2, -0.15) is 0 Å². The van der Waals surface area contributed by atoms with E-state index in [9.17, 15) is 19.8 Å². The summed E-state index contributed by atoms with van der Waals surface area (Å²) in [7, 11) is 0. The Morgan fingerprint density at radius 2 is 1.67 bits per heavy atom. The van der Waals surface area contributed by atoms with Crippen molar-refractivity contribution in [1.82, 2.24) is 0 Å². The molecule has 0 aliphatic carbocycles. The highest BCUT2D eigenvalue weighted by molar-refractivity contribution is 5.82. The van der Waals surface area contributed by atoms with Gasteiger partial charge < -0.3 is 24.4 Å². The highest BCUT2D eigenvalue weighted by Gasteiger charge is 2.52. The minimum absolute atomic E-state index is 0.000245. The number of allylic oxidation sites excluding steroid dienone is 3. The summed E-state index contributed by atoms with van der Waals surface area (Å²) in [6, 6.07) is 0. The standard InChI is InChI=1S/C32H50O7/c1-18(2)30-22(6)26(34)16-25(33)17-28-20(4)13-14-32(39-28)24(8)29(35)23(7)27(38-32)12-10-9-11-19(3)15-21(5)31(36)37-30/h9-11,13-14,18,20-25,27-30,33,35H,12,15-17H2,1-8H3/b10-9+,19-11-/t20-,21+,22-,23-,24-,25-,27-,28+,29-,30-,32-/m0/s1. The summed E-state index contributed by atoms with van der Waals surface area (Å²) in [4.78, 5) is 26.2. The number of aliphatic hydroxyl groups excluding tert-OH is 2. The Hall–Kier alpha value is -1.80. The summed E-state index contributed by atoms with van der Waals surface area (Å²) >= 11 is 0. The number of rotatable bonds is 1. The molecular weight excluding hydrogens is 496 g/mol. The SMILES string of the molecule is C/C1=C/C=C/C[C@@H]2O[C@]3(C=C[C@H](C)[C@@H](C[C@@H](O)CC(=O)[C@H](C)[C@H](C(C)C)OC(=O)[C@H](C)C1)O3)[C@@H](C)[C@@H](O)[C@H]2C. The molecule has 0 saturated carbocycles. The first-order chi connectivity index (χ1) is 18.3. The Bertz CT molecular complexity index is 952. The lowest BCUT2D eigenvalue weighted by atomic mass is 9.78. The second kappa shape index (κ2) is 13.2. The lowest BCUT2D eigenvalue weighted by molar-refractivity contribution is -0.332. The van der Waals surface area contributed by atoms with Crippen molar-refractivity contribution in [2.75, 3.05) is 0 Å². The van der Waals surface area contributed by atoms with Crippen LogP contribution < -0.4 is 0 Å². The van der Waals surface area contributed by atoms with Crippen LogP contribution in [0, 0.1) is 35.5 Å². The molecule has 39 heavy (non-hydrogen) atoms. The predicted octanol–water partition coefficient (Wildman–Crippen LogP) is 5.15.